The molecule has 0 saturated carbocycles. The van der Waals surface area contributed by atoms with E-state index in [2.05, 4.69) is 0 Å². The fraction of sp³-hybridized carbons (Fsp3) is 0.300. The van der Waals surface area contributed by atoms with Crippen molar-refractivity contribution in [2.45, 2.75) is 20.0 Å². The topological polar surface area (TPSA) is 69.4 Å². The molecule has 0 spiro atoms. The summed E-state index contributed by atoms with van der Waals surface area (Å²) in [5, 5.41) is 10.3. The molecule has 0 bridgehead atoms. The van der Waals surface area contributed by atoms with E-state index in [4.69, 9.17) is 4.74 Å². The summed E-state index contributed by atoms with van der Waals surface area (Å²) in [6.07, 6.45) is -0.201. The molecule has 15 heavy (non-hydrogen) atoms. The number of rotatable bonds is 3. The van der Waals surface area contributed by atoms with E-state index in [1.165, 1.54) is 24.3 Å². The van der Waals surface area contributed by atoms with Gasteiger partial charge in [-0.15, -0.1) is 0 Å². The predicted molar refractivity (Wildman–Crippen MR) is 53.6 cm³/mol. The Hall–Kier alpha value is -1.91. The summed E-state index contributed by atoms with van der Waals surface area (Å²) in [6, 6.07) is 5.31. The van der Waals surface area contributed by atoms with Crippen molar-refractivity contribution in [1.82, 2.24) is 0 Å². The summed E-state index contributed by atoms with van der Waals surface area (Å²) in [7, 11) is 0. The van der Waals surface area contributed by atoms with Gasteiger partial charge in [0.25, 0.3) is 5.69 Å². The summed E-state index contributed by atoms with van der Waals surface area (Å²) >= 11 is 0. The molecule has 5 nitrogen and oxygen atoms in total. The third kappa shape index (κ3) is 3.05. The number of nitro benzene ring substituents is 1. The Kier molecular flexibility index (Phi) is 3.38. The highest BCUT2D eigenvalue weighted by atomic mass is 16.6. The van der Waals surface area contributed by atoms with E-state index in [0.29, 0.717) is 5.56 Å². The van der Waals surface area contributed by atoms with E-state index in [1.54, 1.807) is 13.8 Å². The first-order chi connectivity index (χ1) is 7.00. The second-order valence-corrected chi connectivity index (χ2v) is 3.26. The minimum absolute atomic E-state index is 0.0453. The number of nitrogens with zero attached hydrogens (tertiary/aromatic N) is 1. The van der Waals surface area contributed by atoms with Crippen LogP contribution in [0.15, 0.2) is 24.3 Å². The van der Waals surface area contributed by atoms with Crippen LogP contribution in [0.1, 0.15) is 24.2 Å². The third-order valence-electron chi connectivity index (χ3n) is 1.66. The van der Waals surface area contributed by atoms with E-state index < -0.39 is 10.9 Å². The monoisotopic (exact) mass is 209 g/mol. The molecule has 80 valence electrons. The van der Waals surface area contributed by atoms with Gasteiger partial charge in [-0.3, -0.25) is 10.1 Å². The molecule has 0 heterocycles. The number of ether oxygens (including phenoxy) is 1. The molecule has 0 fully saturated rings. The van der Waals surface area contributed by atoms with Crippen molar-refractivity contribution in [3.05, 3.63) is 39.9 Å². The van der Waals surface area contributed by atoms with Gasteiger partial charge in [-0.25, -0.2) is 4.79 Å². The van der Waals surface area contributed by atoms with Gasteiger partial charge in [-0.1, -0.05) is 0 Å². The molecular weight excluding hydrogens is 198 g/mol. The average Bonchev–Trinajstić information content (AvgIpc) is 2.17. The van der Waals surface area contributed by atoms with Crippen LogP contribution in [0.4, 0.5) is 5.69 Å². The van der Waals surface area contributed by atoms with Crippen molar-refractivity contribution in [1.29, 1.82) is 0 Å². The Labute approximate surface area is 86.8 Å². The number of carbonyl (C=O) groups is 1. The summed E-state index contributed by atoms with van der Waals surface area (Å²) in [4.78, 5) is 21.2. The van der Waals surface area contributed by atoms with Gasteiger partial charge in [0.05, 0.1) is 16.6 Å². The fourth-order valence-electron chi connectivity index (χ4n) is 1.00. The van der Waals surface area contributed by atoms with Crippen LogP contribution in [0, 0.1) is 10.1 Å². The molecule has 1 aromatic rings. The molecule has 0 aromatic heterocycles. The lowest BCUT2D eigenvalue weighted by Crippen LogP contribution is -2.11. The van der Waals surface area contributed by atoms with Crippen LogP contribution in [0.3, 0.4) is 0 Å². The van der Waals surface area contributed by atoms with Crippen LogP contribution >= 0.6 is 0 Å². The number of nitro groups is 1. The van der Waals surface area contributed by atoms with Crippen LogP contribution in [-0.2, 0) is 4.74 Å². The minimum atomic E-state index is -0.516. The summed E-state index contributed by atoms with van der Waals surface area (Å²) < 4.78 is 4.93. The third-order valence-corrected chi connectivity index (χ3v) is 1.66. The number of non-ortho nitro benzene ring substituents is 1. The molecule has 0 N–H and O–H groups in total. The van der Waals surface area contributed by atoms with Gasteiger partial charge in [-0.2, -0.15) is 0 Å². The highest BCUT2D eigenvalue weighted by molar-refractivity contribution is 5.89. The zero-order chi connectivity index (χ0) is 11.4. The van der Waals surface area contributed by atoms with Crippen molar-refractivity contribution in [2.24, 2.45) is 0 Å². The number of hydrogen-bond donors (Lipinski definition) is 0. The summed E-state index contributed by atoms with van der Waals surface area (Å²) in [6.45, 7) is 3.48. The van der Waals surface area contributed by atoms with Gasteiger partial charge in [0.15, 0.2) is 0 Å². The Morgan fingerprint density at radius 2 is 1.87 bits per heavy atom. The van der Waals surface area contributed by atoms with E-state index in [1.807, 2.05) is 0 Å². The second kappa shape index (κ2) is 4.54. The standard InChI is InChI=1S/C10H11NO4/c1-7(2)15-10(12)8-3-5-9(6-4-8)11(13)14/h3-7H,1-2H3. The first-order valence-corrected chi connectivity index (χ1v) is 4.46. The van der Waals surface area contributed by atoms with E-state index in [9.17, 15) is 14.9 Å². The first-order valence-electron chi connectivity index (χ1n) is 4.46. The van der Waals surface area contributed by atoms with Crippen LogP contribution in [0.25, 0.3) is 0 Å². The number of hydrogen-bond acceptors (Lipinski definition) is 4. The highest BCUT2D eigenvalue weighted by Gasteiger charge is 2.11. The van der Waals surface area contributed by atoms with Gasteiger partial charge >= 0.3 is 5.97 Å². The molecule has 1 rings (SSSR count). The van der Waals surface area contributed by atoms with Gasteiger partial charge < -0.3 is 4.74 Å². The largest absolute Gasteiger partial charge is 0.459 e. The van der Waals surface area contributed by atoms with Crippen LogP contribution in [0.5, 0.6) is 0 Å². The Bertz CT molecular complexity index is 370. The molecule has 0 saturated heterocycles. The van der Waals surface area contributed by atoms with Crippen LogP contribution in [-0.4, -0.2) is 17.0 Å². The summed E-state index contributed by atoms with van der Waals surface area (Å²) in [5.74, 6) is -0.472. The van der Waals surface area contributed by atoms with E-state index in [0.717, 1.165) is 0 Å². The fourth-order valence-corrected chi connectivity index (χ4v) is 1.00. The maximum atomic E-state index is 11.3. The number of benzene rings is 1. The maximum absolute atomic E-state index is 11.3. The SMILES string of the molecule is CC(C)OC(=O)c1ccc([N+](=O)[O-])cc1. The summed E-state index contributed by atoms with van der Waals surface area (Å²) in [5.41, 5.74) is 0.269. The normalized spacial score (nSPS) is 10.1. The molecule has 0 radical (unpaired) electrons. The van der Waals surface area contributed by atoms with Gasteiger partial charge in [-0.05, 0) is 26.0 Å². The van der Waals surface area contributed by atoms with Crippen molar-refractivity contribution >= 4 is 11.7 Å². The van der Waals surface area contributed by atoms with E-state index >= 15 is 0 Å². The predicted octanol–water partition coefficient (Wildman–Crippen LogP) is 2.16. The number of carbonyl (C=O) groups excluding carboxylic acids is 1. The lowest BCUT2D eigenvalue weighted by atomic mass is 10.2. The zero-order valence-electron chi connectivity index (χ0n) is 8.47. The lowest BCUT2D eigenvalue weighted by molar-refractivity contribution is -0.384. The van der Waals surface area contributed by atoms with Crippen LogP contribution < -0.4 is 0 Å². The molecule has 5 heteroatoms. The molecule has 1 aromatic carbocycles. The smallest absolute Gasteiger partial charge is 0.338 e. The molecule has 0 atom stereocenters. The van der Waals surface area contributed by atoms with Crippen molar-refractivity contribution in [3.63, 3.8) is 0 Å². The zero-order valence-corrected chi connectivity index (χ0v) is 8.47. The van der Waals surface area contributed by atoms with E-state index in [-0.39, 0.29) is 11.8 Å². The molecule has 0 aliphatic rings. The molecule has 0 aliphatic heterocycles. The maximum Gasteiger partial charge on any atom is 0.338 e. The van der Waals surface area contributed by atoms with Crippen LogP contribution in [0.2, 0.25) is 0 Å². The number of esters is 1. The van der Waals surface area contributed by atoms with Gasteiger partial charge in [0, 0.05) is 12.1 Å². The molecule has 0 unspecified atom stereocenters. The van der Waals surface area contributed by atoms with Gasteiger partial charge in [0.2, 0.25) is 0 Å². The van der Waals surface area contributed by atoms with Crippen molar-refractivity contribution in [3.8, 4) is 0 Å². The minimum Gasteiger partial charge on any atom is -0.459 e. The Morgan fingerprint density at radius 1 is 1.33 bits per heavy atom. The Morgan fingerprint density at radius 3 is 2.27 bits per heavy atom. The average molecular weight is 209 g/mol. The second-order valence-electron chi connectivity index (χ2n) is 3.26. The highest BCUT2D eigenvalue weighted by Crippen LogP contribution is 2.13. The Balaban J connectivity index is 2.80. The molecule has 0 aliphatic carbocycles. The quantitative estimate of drug-likeness (QED) is 0.434. The van der Waals surface area contributed by atoms with Gasteiger partial charge in [0.1, 0.15) is 0 Å². The first kappa shape index (κ1) is 11.2. The molecule has 0 amide bonds. The lowest BCUT2D eigenvalue weighted by Gasteiger charge is -2.06. The molecular formula is C10H11NO4. The van der Waals surface area contributed by atoms with Crippen molar-refractivity contribution in [2.75, 3.05) is 0 Å². The van der Waals surface area contributed by atoms with Crippen molar-refractivity contribution < 1.29 is 14.5 Å².